The summed E-state index contributed by atoms with van der Waals surface area (Å²) < 4.78 is 33.4. The van der Waals surface area contributed by atoms with Crippen LogP contribution in [0.3, 0.4) is 0 Å². The van der Waals surface area contributed by atoms with Crippen molar-refractivity contribution in [1.29, 1.82) is 0 Å². The molecular formula is C42H79O13P. The first-order valence-corrected chi connectivity index (χ1v) is 23.5. The highest BCUT2D eigenvalue weighted by molar-refractivity contribution is 7.47. The van der Waals surface area contributed by atoms with Crippen molar-refractivity contribution in [3.63, 3.8) is 0 Å². The van der Waals surface area contributed by atoms with Crippen LogP contribution in [-0.2, 0) is 32.7 Å². The van der Waals surface area contributed by atoms with Crippen LogP contribution in [0.15, 0.2) is 12.2 Å². The van der Waals surface area contributed by atoms with Gasteiger partial charge in [0.1, 0.15) is 43.2 Å². The molecule has 1 saturated carbocycles. The minimum atomic E-state index is -5.11. The third kappa shape index (κ3) is 25.8. The van der Waals surface area contributed by atoms with Crippen molar-refractivity contribution in [2.75, 3.05) is 13.2 Å². The Morgan fingerprint density at radius 2 is 0.911 bits per heavy atom. The summed E-state index contributed by atoms with van der Waals surface area (Å²) in [6, 6.07) is 0. The molecule has 6 unspecified atom stereocenters. The molecule has 0 aromatic carbocycles. The fourth-order valence-corrected chi connectivity index (χ4v) is 7.73. The van der Waals surface area contributed by atoms with Crippen LogP contribution >= 0.6 is 7.82 Å². The number of aliphatic hydroxyl groups is 5. The van der Waals surface area contributed by atoms with Gasteiger partial charge >= 0.3 is 19.8 Å². The molecule has 1 aliphatic rings. The lowest BCUT2D eigenvalue weighted by Crippen LogP contribution is -2.64. The molecule has 13 nitrogen and oxygen atoms in total. The first-order chi connectivity index (χ1) is 26.9. The second-order valence-corrected chi connectivity index (χ2v) is 17.0. The summed E-state index contributed by atoms with van der Waals surface area (Å²) in [7, 11) is -5.11. The molecule has 1 aliphatic carbocycles. The third-order valence-electron chi connectivity index (χ3n) is 10.4. The molecule has 0 bridgehead atoms. The van der Waals surface area contributed by atoms with E-state index >= 15 is 0 Å². The van der Waals surface area contributed by atoms with E-state index < -0.39 is 75.7 Å². The smallest absolute Gasteiger partial charge is 0.462 e. The van der Waals surface area contributed by atoms with E-state index in [0.29, 0.717) is 12.8 Å². The molecule has 0 amide bonds. The first kappa shape index (κ1) is 52.6. The van der Waals surface area contributed by atoms with E-state index in [9.17, 15) is 44.6 Å². The first-order valence-electron chi connectivity index (χ1n) is 22.0. The Morgan fingerprint density at radius 1 is 0.536 bits per heavy atom. The fraction of sp³-hybridized carbons (Fsp3) is 0.905. The number of phosphoric ester groups is 1. The molecule has 0 saturated heterocycles. The van der Waals surface area contributed by atoms with Gasteiger partial charge in [0.05, 0.1) is 6.61 Å². The maximum atomic E-state index is 12.8. The van der Waals surface area contributed by atoms with Gasteiger partial charge in [-0.1, -0.05) is 148 Å². The summed E-state index contributed by atoms with van der Waals surface area (Å²) in [6.45, 7) is 3.27. The molecule has 0 spiro atoms. The molecule has 56 heavy (non-hydrogen) atoms. The van der Waals surface area contributed by atoms with Crippen LogP contribution in [0.2, 0.25) is 0 Å². The van der Waals surface area contributed by atoms with Crippen LogP contribution in [0.4, 0.5) is 0 Å². The molecule has 6 atom stereocenters. The van der Waals surface area contributed by atoms with Crippen LogP contribution < -0.4 is 0 Å². The predicted molar refractivity (Wildman–Crippen MR) is 217 cm³/mol. The highest BCUT2D eigenvalue weighted by Gasteiger charge is 2.51. The quantitative estimate of drug-likeness (QED) is 0.0154. The molecular weight excluding hydrogens is 743 g/mol. The molecule has 6 N–H and O–H groups in total. The van der Waals surface area contributed by atoms with E-state index in [2.05, 4.69) is 26.0 Å². The van der Waals surface area contributed by atoms with Crippen molar-refractivity contribution in [1.82, 2.24) is 0 Å². The van der Waals surface area contributed by atoms with Crippen molar-refractivity contribution < 1.29 is 63.1 Å². The van der Waals surface area contributed by atoms with Gasteiger partial charge in [0, 0.05) is 12.8 Å². The molecule has 0 radical (unpaired) electrons. The number of hydrogen-bond donors (Lipinski definition) is 6. The summed E-state index contributed by atoms with van der Waals surface area (Å²) in [4.78, 5) is 35.6. The Bertz CT molecular complexity index is 1040. The van der Waals surface area contributed by atoms with Crippen molar-refractivity contribution in [2.45, 2.75) is 230 Å². The maximum absolute atomic E-state index is 12.8. The topological polar surface area (TPSA) is 210 Å². The fourth-order valence-electron chi connectivity index (χ4n) is 6.75. The summed E-state index contributed by atoms with van der Waals surface area (Å²) in [5, 5.41) is 50.0. The monoisotopic (exact) mass is 823 g/mol. The number of ether oxygens (including phenoxy) is 2. The Kier molecular flexibility index (Phi) is 31.4. The third-order valence-corrected chi connectivity index (χ3v) is 11.3. The van der Waals surface area contributed by atoms with Crippen LogP contribution in [0.1, 0.15) is 187 Å². The average Bonchev–Trinajstić information content (AvgIpc) is 3.18. The lowest BCUT2D eigenvalue weighted by atomic mass is 9.85. The number of carbonyl (C=O) groups excluding carboxylic acids is 2. The van der Waals surface area contributed by atoms with Crippen LogP contribution in [-0.4, -0.2) is 98.3 Å². The number of hydrogen-bond acceptors (Lipinski definition) is 12. The van der Waals surface area contributed by atoms with E-state index in [-0.39, 0.29) is 12.8 Å². The Morgan fingerprint density at radius 3 is 1.36 bits per heavy atom. The summed E-state index contributed by atoms with van der Waals surface area (Å²) >= 11 is 0. The summed E-state index contributed by atoms with van der Waals surface area (Å²) in [5.74, 6) is -1.10. The van der Waals surface area contributed by atoms with E-state index in [1.165, 1.54) is 89.9 Å². The van der Waals surface area contributed by atoms with Gasteiger partial charge in [-0.25, -0.2) is 4.57 Å². The standard InChI is InChI=1S/C42H79O13P/c1-3-5-7-9-11-13-15-16-17-18-19-21-23-25-27-29-31-36(44)54-34(32-52-35(43)30-28-26-24-22-20-14-12-10-8-6-4-2)33-53-56(50,51)55-42-40(48)38(46)37(45)39(47)41(42)49/h17-18,34,37-42,45-49H,3-16,19-33H2,1-2H3,(H,50,51)/b18-17-. The Hall–Kier alpha value is -1.41. The Labute approximate surface area is 337 Å². The second kappa shape index (κ2) is 33.4. The summed E-state index contributed by atoms with van der Waals surface area (Å²) in [5.41, 5.74) is 0. The van der Waals surface area contributed by atoms with Crippen LogP contribution in [0.25, 0.3) is 0 Å². The van der Waals surface area contributed by atoms with E-state index in [4.69, 9.17) is 18.5 Å². The van der Waals surface area contributed by atoms with Gasteiger partial charge in [-0.15, -0.1) is 0 Å². The average molecular weight is 823 g/mol. The van der Waals surface area contributed by atoms with Gasteiger partial charge in [0.25, 0.3) is 0 Å². The maximum Gasteiger partial charge on any atom is 0.472 e. The van der Waals surface area contributed by atoms with Gasteiger partial charge in [-0.2, -0.15) is 0 Å². The number of carbonyl (C=O) groups is 2. The Balaban J connectivity index is 2.48. The van der Waals surface area contributed by atoms with Crippen LogP contribution in [0, 0.1) is 0 Å². The van der Waals surface area contributed by atoms with Gasteiger partial charge in [-0.05, 0) is 38.5 Å². The highest BCUT2D eigenvalue weighted by atomic mass is 31.2. The highest BCUT2D eigenvalue weighted by Crippen LogP contribution is 2.47. The van der Waals surface area contributed by atoms with Crippen molar-refractivity contribution in [2.24, 2.45) is 0 Å². The van der Waals surface area contributed by atoms with Gasteiger partial charge in [-0.3, -0.25) is 18.6 Å². The number of esters is 2. The molecule has 0 aliphatic heterocycles. The molecule has 0 aromatic rings. The number of allylic oxidation sites excluding steroid dienone is 2. The predicted octanol–water partition coefficient (Wildman–Crippen LogP) is 7.89. The molecule has 1 rings (SSSR count). The van der Waals surface area contributed by atoms with Crippen molar-refractivity contribution >= 4 is 19.8 Å². The normalized spacial score (nSPS) is 22.9. The van der Waals surface area contributed by atoms with E-state index in [1.54, 1.807) is 0 Å². The molecule has 14 heteroatoms. The van der Waals surface area contributed by atoms with Gasteiger partial charge in [0.15, 0.2) is 6.10 Å². The number of phosphoric acid groups is 1. The molecule has 330 valence electrons. The van der Waals surface area contributed by atoms with Crippen LogP contribution in [0.5, 0.6) is 0 Å². The molecule has 0 aromatic heterocycles. The molecule has 0 heterocycles. The molecule has 1 fully saturated rings. The SMILES string of the molecule is CCCCCCCCC/C=C\CCCCCCCC(=O)OC(COC(=O)CCCCCCCCCCCCC)COP(=O)(O)OC1C(O)C(O)C(O)C(O)C1O. The number of rotatable bonds is 36. The van der Waals surface area contributed by atoms with Crippen molar-refractivity contribution in [3.05, 3.63) is 12.2 Å². The minimum absolute atomic E-state index is 0.0907. The number of unbranched alkanes of at least 4 members (excludes halogenated alkanes) is 22. The van der Waals surface area contributed by atoms with Crippen molar-refractivity contribution in [3.8, 4) is 0 Å². The zero-order valence-electron chi connectivity index (χ0n) is 34.7. The van der Waals surface area contributed by atoms with E-state index in [1.807, 2.05) is 0 Å². The largest absolute Gasteiger partial charge is 0.472 e. The minimum Gasteiger partial charge on any atom is -0.462 e. The second-order valence-electron chi connectivity index (χ2n) is 15.6. The lowest BCUT2D eigenvalue weighted by molar-refractivity contribution is -0.220. The van der Waals surface area contributed by atoms with Gasteiger partial charge < -0.3 is 39.9 Å². The number of aliphatic hydroxyl groups excluding tert-OH is 5. The van der Waals surface area contributed by atoms with E-state index in [0.717, 1.165) is 57.8 Å². The summed E-state index contributed by atoms with van der Waals surface area (Å²) in [6.07, 6.45) is 19.9. The zero-order chi connectivity index (χ0) is 41.4. The van der Waals surface area contributed by atoms with Gasteiger partial charge in [0.2, 0.25) is 0 Å². The zero-order valence-corrected chi connectivity index (χ0v) is 35.6. The lowest BCUT2D eigenvalue weighted by Gasteiger charge is -2.41.